The zero-order valence-electron chi connectivity index (χ0n) is 29.3. The number of hydrogen-bond donors (Lipinski definition) is 5. The Labute approximate surface area is 293 Å². The molecule has 50 heavy (non-hydrogen) atoms. The van der Waals surface area contributed by atoms with Gasteiger partial charge < -0.3 is 31.3 Å². The van der Waals surface area contributed by atoms with Crippen LogP contribution < -0.4 is 31.5 Å². The number of ether oxygens (including phenoxy) is 1. The number of likely N-dealkylation sites (N-methyl/N-ethyl adjacent to an activating group) is 1. The second kappa shape index (κ2) is 18.0. The second-order valence-corrected chi connectivity index (χ2v) is 12.8. The third-order valence-electron chi connectivity index (χ3n) is 8.48. The largest absolute Gasteiger partial charge is 0.447 e. The summed E-state index contributed by atoms with van der Waals surface area (Å²) in [5, 5.41) is 14.9. The minimum Gasteiger partial charge on any atom is -0.447 e. The molecule has 1 saturated heterocycles. The molecule has 12 nitrogen and oxygen atoms in total. The number of nitrogens with zero attached hydrogens (tertiary/aromatic N) is 1. The zero-order valence-corrected chi connectivity index (χ0v) is 29.3. The van der Waals surface area contributed by atoms with Gasteiger partial charge in [-0.15, -0.1) is 0 Å². The number of carbonyl (C=O) groups is 5. The molecule has 3 aromatic rings. The highest BCUT2D eigenvalue weighted by atomic mass is 16.6. The van der Waals surface area contributed by atoms with E-state index in [-0.39, 0.29) is 54.6 Å². The molecule has 5 N–H and O–H groups in total. The minimum absolute atomic E-state index is 0.116. The van der Waals surface area contributed by atoms with Gasteiger partial charge in [0, 0.05) is 35.9 Å². The number of rotatable bonds is 16. The number of amides is 5. The van der Waals surface area contributed by atoms with E-state index in [0.29, 0.717) is 18.7 Å². The van der Waals surface area contributed by atoms with E-state index in [9.17, 15) is 24.0 Å². The molecular formula is C38H48N6O6. The van der Waals surface area contributed by atoms with Crippen LogP contribution in [0.25, 0.3) is 0 Å². The van der Waals surface area contributed by atoms with Crippen LogP contribution in [0.2, 0.25) is 0 Å². The van der Waals surface area contributed by atoms with Gasteiger partial charge in [-0.3, -0.25) is 24.1 Å². The average Bonchev–Trinajstić information content (AvgIpc) is 3.55. The Bertz CT molecular complexity index is 1630. The number of hydrogen-bond acceptors (Lipinski definition) is 7. The van der Waals surface area contributed by atoms with Gasteiger partial charge in [0.1, 0.15) is 12.6 Å². The molecule has 0 bridgehead atoms. The van der Waals surface area contributed by atoms with Gasteiger partial charge in [-0.05, 0) is 62.4 Å². The second-order valence-electron chi connectivity index (χ2n) is 12.8. The average molecular weight is 685 g/mol. The zero-order chi connectivity index (χ0) is 36.2. The van der Waals surface area contributed by atoms with Gasteiger partial charge in [0.15, 0.2) is 0 Å². The van der Waals surface area contributed by atoms with Gasteiger partial charge in [-0.1, -0.05) is 74.5 Å². The highest BCUT2D eigenvalue weighted by molar-refractivity contribution is 6.03. The van der Waals surface area contributed by atoms with Crippen molar-refractivity contribution >= 4 is 35.4 Å². The van der Waals surface area contributed by atoms with Crippen LogP contribution in [0.3, 0.4) is 0 Å². The molecule has 1 unspecified atom stereocenters. The molecule has 1 aliphatic rings. The van der Waals surface area contributed by atoms with Crippen molar-refractivity contribution < 1.29 is 28.7 Å². The van der Waals surface area contributed by atoms with Crippen molar-refractivity contribution in [3.8, 4) is 0 Å². The third-order valence-corrected chi connectivity index (χ3v) is 8.48. The fourth-order valence-electron chi connectivity index (χ4n) is 5.61. The predicted molar refractivity (Wildman–Crippen MR) is 192 cm³/mol. The molecule has 4 atom stereocenters. The number of carbonyl (C=O) groups excluding carboxylic acids is 5. The maximum Gasteiger partial charge on any atom is 0.414 e. The van der Waals surface area contributed by atoms with Crippen LogP contribution in [-0.2, 0) is 20.7 Å². The van der Waals surface area contributed by atoms with Crippen LogP contribution in [-0.4, -0.2) is 74.1 Å². The number of benzene rings is 3. The van der Waals surface area contributed by atoms with Crippen molar-refractivity contribution in [1.29, 1.82) is 0 Å². The van der Waals surface area contributed by atoms with Crippen LogP contribution in [0.1, 0.15) is 72.5 Å². The van der Waals surface area contributed by atoms with E-state index >= 15 is 0 Å². The summed E-state index contributed by atoms with van der Waals surface area (Å²) in [4.78, 5) is 67.0. The van der Waals surface area contributed by atoms with E-state index in [1.165, 1.54) is 11.0 Å². The normalized spacial score (nSPS) is 15.0. The lowest BCUT2D eigenvalue weighted by Crippen LogP contribution is -2.55. The van der Waals surface area contributed by atoms with Gasteiger partial charge in [0.05, 0.1) is 18.6 Å². The van der Waals surface area contributed by atoms with Gasteiger partial charge in [0.25, 0.3) is 11.8 Å². The molecule has 5 amide bonds. The molecule has 0 aromatic heterocycles. The van der Waals surface area contributed by atoms with Crippen LogP contribution in [0, 0.1) is 5.92 Å². The van der Waals surface area contributed by atoms with Crippen molar-refractivity contribution in [2.75, 3.05) is 31.1 Å². The Morgan fingerprint density at radius 1 is 0.800 bits per heavy atom. The van der Waals surface area contributed by atoms with E-state index in [1.807, 2.05) is 88.4 Å². The fraction of sp³-hybridized carbons (Fsp3) is 0.395. The number of anilines is 1. The van der Waals surface area contributed by atoms with Crippen molar-refractivity contribution in [3.63, 3.8) is 0 Å². The highest BCUT2D eigenvalue weighted by Crippen LogP contribution is 2.24. The summed E-state index contributed by atoms with van der Waals surface area (Å²) >= 11 is 0. The lowest BCUT2D eigenvalue weighted by atomic mass is 10.0. The minimum atomic E-state index is -0.686. The molecular weight excluding hydrogens is 636 g/mol. The Morgan fingerprint density at radius 2 is 1.42 bits per heavy atom. The molecule has 12 heteroatoms. The Balaban J connectivity index is 1.54. The lowest BCUT2D eigenvalue weighted by Gasteiger charge is -2.25. The van der Waals surface area contributed by atoms with Crippen molar-refractivity contribution in [3.05, 3.63) is 101 Å². The molecule has 0 spiro atoms. The first kappa shape index (κ1) is 37.6. The van der Waals surface area contributed by atoms with E-state index in [1.54, 1.807) is 19.1 Å². The van der Waals surface area contributed by atoms with Crippen LogP contribution >= 0.6 is 0 Å². The number of cyclic esters (lactones) is 1. The van der Waals surface area contributed by atoms with Gasteiger partial charge in [0.2, 0.25) is 11.8 Å². The first-order valence-electron chi connectivity index (χ1n) is 17.1. The smallest absolute Gasteiger partial charge is 0.414 e. The van der Waals surface area contributed by atoms with Crippen LogP contribution in [0.5, 0.6) is 0 Å². The monoisotopic (exact) mass is 684 g/mol. The van der Waals surface area contributed by atoms with E-state index in [2.05, 4.69) is 26.6 Å². The third kappa shape index (κ3) is 10.4. The van der Waals surface area contributed by atoms with Gasteiger partial charge in [-0.25, -0.2) is 4.79 Å². The molecule has 1 heterocycles. The molecule has 3 aromatic carbocycles. The highest BCUT2D eigenvalue weighted by Gasteiger charge is 2.28. The van der Waals surface area contributed by atoms with Crippen molar-refractivity contribution in [2.24, 2.45) is 5.92 Å². The molecule has 266 valence electrons. The Kier molecular flexibility index (Phi) is 13.5. The quantitative estimate of drug-likeness (QED) is 0.154. The van der Waals surface area contributed by atoms with Crippen LogP contribution in [0.15, 0.2) is 78.9 Å². The van der Waals surface area contributed by atoms with E-state index in [0.717, 1.165) is 11.1 Å². The predicted octanol–water partition coefficient (Wildman–Crippen LogP) is 3.73. The molecule has 0 saturated carbocycles. The summed E-state index contributed by atoms with van der Waals surface area (Å²) in [5.41, 5.74) is 2.65. The summed E-state index contributed by atoms with van der Waals surface area (Å²) in [6.45, 7) is 10.3. The van der Waals surface area contributed by atoms with Crippen molar-refractivity contribution in [2.45, 2.75) is 65.2 Å². The fourth-order valence-corrected chi connectivity index (χ4v) is 5.61. The SMILES string of the molecule is CCNC(=O)[C@@H](NC(=O)[C@H](C)NC[C@H](Cc1ccccc1)NC(=O)c1cc(C(=O)NC(C)c2ccccc2)cc(N2CCOC2=O)c1)C(C)C. The maximum absolute atomic E-state index is 13.9. The summed E-state index contributed by atoms with van der Waals surface area (Å²) < 4.78 is 5.13. The molecule has 4 rings (SSSR count). The first-order valence-corrected chi connectivity index (χ1v) is 17.1. The van der Waals surface area contributed by atoms with Crippen molar-refractivity contribution in [1.82, 2.24) is 26.6 Å². The Morgan fingerprint density at radius 3 is 2.00 bits per heavy atom. The van der Waals surface area contributed by atoms with E-state index < -0.39 is 36.0 Å². The topological polar surface area (TPSA) is 158 Å². The number of nitrogens with one attached hydrogen (secondary N) is 5. The summed E-state index contributed by atoms with van der Waals surface area (Å²) in [6, 6.07) is 21.6. The standard InChI is InChI=1S/C38H48N6O6/c1-6-39-37(48)33(24(2)3)43-34(45)26(5)40-23-31(19-27-13-9-7-10-14-27)42-36(47)30-20-29(21-32(22-30)44-17-18-50-38(44)49)35(46)41-25(4)28-15-11-8-12-16-28/h7-16,20-22,24-26,31,33,40H,6,17-19,23H2,1-5H3,(H,39,48)(H,41,46)(H,42,47)(H,43,45)/t25?,26-,31-,33-/m0/s1. The summed E-state index contributed by atoms with van der Waals surface area (Å²) in [6.07, 6.45) is -0.113. The maximum atomic E-state index is 13.9. The van der Waals surface area contributed by atoms with E-state index in [4.69, 9.17) is 4.74 Å². The molecule has 0 radical (unpaired) electrons. The molecule has 1 aliphatic heterocycles. The Hall–Kier alpha value is -5.23. The summed E-state index contributed by atoms with van der Waals surface area (Å²) in [5.74, 6) is -1.57. The molecule has 0 aliphatic carbocycles. The lowest BCUT2D eigenvalue weighted by molar-refractivity contribution is -0.130. The molecule has 1 fully saturated rings. The van der Waals surface area contributed by atoms with Gasteiger partial charge >= 0.3 is 6.09 Å². The first-order chi connectivity index (χ1) is 24.0. The van der Waals surface area contributed by atoms with Crippen LogP contribution in [0.4, 0.5) is 10.5 Å². The van der Waals surface area contributed by atoms with Gasteiger partial charge in [-0.2, -0.15) is 0 Å². The summed E-state index contributed by atoms with van der Waals surface area (Å²) in [7, 11) is 0.